The second kappa shape index (κ2) is 6.05. The molecule has 0 aliphatic carbocycles. The highest BCUT2D eigenvalue weighted by Gasteiger charge is 2.24. The molecule has 1 unspecified atom stereocenters. The molecule has 2 aromatic rings. The van der Waals surface area contributed by atoms with Crippen molar-refractivity contribution in [2.75, 3.05) is 11.9 Å². The monoisotopic (exact) mass is 286 g/mol. The largest absolute Gasteiger partial charge is 0.337 e. The lowest BCUT2D eigenvalue weighted by Gasteiger charge is -2.07. The SMILES string of the molecule is CCc1ccccc1NC(=O)c1noc(C2CCCN2)n1. The molecule has 3 rings (SSSR count). The summed E-state index contributed by atoms with van der Waals surface area (Å²) >= 11 is 0. The van der Waals surface area contributed by atoms with Crippen LogP contribution in [-0.2, 0) is 6.42 Å². The van der Waals surface area contributed by atoms with E-state index in [2.05, 4.69) is 20.8 Å². The van der Waals surface area contributed by atoms with E-state index in [0.29, 0.717) is 5.89 Å². The Morgan fingerprint density at radius 1 is 1.48 bits per heavy atom. The topological polar surface area (TPSA) is 80.0 Å². The zero-order valence-corrected chi connectivity index (χ0v) is 11.9. The summed E-state index contributed by atoms with van der Waals surface area (Å²) in [6, 6.07) is 7.77. The summed E-state index contributed by atoms with van der Waals surface area (Å²) in [5.74, 6) is 0.218. The lowest BCUT2D eigenvalue weighted by atomic mass is 10.1. The van der Waals surface area contributed by atoms with Crippen LogP contribution in [0.15, 0.2) is 28.8 Å². The molecule has 2 N–H and O–H groups in total. The van der Waals surface area contributed by atoms with E-state index >= 15 is 0 Å². The predicted octanol–water partition coefficient (Wildman–Crippen LogP) is 2.31. The summed E-state index contributed by atoms with van der Waals surface area (Å²) in [6.07, 6.45) is 2.89. The molecular weight excluding hydrogens is 268 g/mol. The molecule has 21 heavy (non-hydrogen) atoms. The van der Waals surface area contributed by atoms with Gasteiger partial charge in [-0.2, -0.15) is 4.98 Å². The molecule has 1 aromatic carbocycles. The second-order valence-corrected chi connectivity index (χ2v) is 5.07. The number of hydrogen-bond acceptors (Lipinski definition) is 5. The minimum Gasteiger partial charge on any atom is -0.337 e. The van der Waals surface area contributed by atoms with E-state index in [1.807, 2.05) is 31.2 Å². The maximum atomic E-state index is 12.2. The normalized spacial score (nSPS) is 17.9. The highest BCUT2D eigenvalue weighted by molar-refractivity contribution is 6.01. The molecule has 0 spiro atoms. The number of carbonyl (C=O) groups excluding carboxylic acids is 1. The average Bonchev–Trinajstić information content (AvgIpc) is 3.18. The molecule has 2 heterocycles. The van der Waals surface area contributed by atoms with Crippen LogP contribution in [0, 0.1) is 0 Å². The van der Waals surface area contributed by atoms with Crippen LogP contribution in [0.1, 0.15) is 47.9 Å². The van der Waals surface area contributed by atoms with Crippen LogP contribution in [0.25, 0.3) is 0 Å². The minimum atomic E-state index is -0.344. The number of nitrogens with one attached hydrogen (secondary N) is 2. The van der Waals surface area contributed by atoms with E-state index in [-0.39, 0.29) is 17.8 Å². The lowest BCUT2D eigenvalue weighted by molar-refractivity contribution is 0.101. The Morgan fingerprint density at radius 2 is 2.33 bits per heavy atom. The number of para-hydroxylation sites is 1. The maximum absolute atomic E-state index is 12.2. The van der Waals surface area contributed by atoms with Gasteiger partial charge in [0.15, 0.2) is 0 Å². The number of aryl methyl sites for hydroxylation is 1. The number of carbonyl (C=O) groups is 1. The van der Waals surface area contributed by atoms with E-state index in [0.717, 1.165) is 37.1 Å². The van der Waals surface area contributed by atoms with E-state index < -0.39 is 0 Å². The highest BCUT2D eigenvalue weighted by Crippen LogP contribution is 2.21. The number of benzene rings is 1. The van der Waals surface area contributed by atoms with E-state index in [9.17, 15) is 4.79 Å². The number of nitrogens with zero attached hydrogens (tertiary/aromatic N) is 2. The van der Waals surface area contributed by atoms with Crippen LogP contribution in [0.3, 0.4) is 0 Å². The van der Waals surface area contributed by atoms with Crippen LogP contribution >= 0.6 is 0 Å². The van der Waals surface area contributed by atoms with Crippen molar-refractivity contribution in [2.24, 2.45) is 0 Å². The van der Waals surface area contributed by atoms with Crippen molar-refractivity contribution < 1.29 is 9.32 Å². The van der Waals surface area contributed by atoms with E-state index in [4.69, 9.17) is 4.52 Å². The maximum Gasteiger partial charge on any atom is 0.297 e. The number of anilines is 1. The third-order valence-corrected chi connectivity index (χ3v) is 3.65. The number of hydrogen-bond donors (Lipinski definition) is 2. The Bertz CT molecular complexity index is 632. The van der Waals surface area contributed by atoms with Gasteiger partial charge in [-0.05, 0) is 37.4 Å². The zero-order valence-electron chi connectivity index (χ0n) is 11.9. The molecule has 1 saturated heterocycles. The summed E-state index contributed by atoms with van der Waals surface area (Å²) in [5.41, 5.74) is 1.86. The molecular formula is C15H18N4O2. The molecule has 0 radical (unpaired) electrons. The van der Waals surface area contributed by atoms with Crippen LogP contribution in [0.2, 0.25) is 0 Å². The number of rotatable bonds is 4. The van der Waals surface area contributed by atoms with Gasteiger partial charge in [-0.25, -0.2) is 0 Å². The molecule has 0 saturated carbocycles. The quantitative estimate of drug-likeness (QED) is 0.901. The van der Waals surface area contributed by atoms with Crippen molar-refractivity contribution in [3.63, 3.8) is 0 Å². The van der Waals surface area contributed by atoms with Crippen LogP contribution < -0.4 is 10.6 Å². The van der Waals surface area contributed by atoms with Crippen LogP contribution in [0.4, 0.5) is 5.69 Å². The number of aromatic nitrogens is 2. The van der Waals surface area contributed by atoms with E-state index in [1.54, 1.807) is 0 Å². The molecule has 1 atom stereocenters. The zero-order chi connectivity index (χ0) is 14.7. The fourth-order valence-electron chi connectivity index (χ4n) is 2.49. The summed E-state index contributed by atoms with van der Waals surface area (Å²) in [7, 11) is 0. The third-order valence-electron chi connectivity index (χ3n) is 3.65. The van der Waals surface area contributed by atoms with Crippen molar-refractivity contribution in [3.8, 4) is 0 Å². The Balaban J connectivity index is 1.73. The first-order valence-electron chi connectivity index (χ1n) is 7.24. The first-order valence-corrected chi connectivity index (χ1v) is 7.24. The van der Waals surface area contributed by atoms with Crippen molar-refractivity contribution >= 4 is 11.6 Å². The summed E-state index contributed by atoms with van der Waals surface area (Å²) in [6.45, 7) is 2.99. The van der Waals surface area contributed by atoms with Crippen molar-refractivity contribution in [2.45, 2.75) is 32.2 Å². The first-order chi connectivity index (χ1) is 10.3. The van der Waals surface area contributed by atoms with Gasteiger partial charge in [0.05, 0.1) is 6.04 Å². The second-order valence-electron chi connectivity index (χ2n) is 5.07. The van der Waals surface area contributed by atoms with E-state index in [1.165, 1.54) is 0 Å². The Labute approximate surface area is 122 Å². The molecule has 1 aromatic heterocycles. The minimum absolute atomic E-state index is 0.0713. The van der Waals surface area contributed by atoms with Gasteiger partial charge < -0.3 is 15.2 Å². The predicted molar refractivity (Wildman–Crippen MR) is 78.0 cm³/mol. The van der Waals surface area contributed by atoms with Gasteiger partial charge >= 0.3 is 0 Å². The number of amides is 1. The van der Waals surface area contributed by atoms with Gasteiger partial charge in [-0.1, -0.05) is 30.3 Å². The third kappa shape index (κ3) is 2.95. The lowest BCUT2D eigenvalue weighted by Crippen LogP contribution is -2.16. The Kier molecular flexibility index (Phi) is 3.96. The molecule has 1 fully saturated rings. The van der Waals surface area contributed by atoms with Gasteiger partial charge in [-0.3, -0.25) is 4.79 Å². The molecule has 6 heteroatoms. The summed E-state index contributed by atoms with van der Waals surface area (Å²) in [4.78, 5) is 16.4. The van der Waals surface area contributed by atoms with Gasteiger partial charge in [-0.15, -0.1) is 0 Å². The highest BCUT2D eigenvalue weighted by atomic mass is 16.5. The summed E-state index contributed by atoms with van der Waals surface area (Å²) < 4.78 is 5.18. The van der Waals surface area contributed by atoms with Gasteiger partial charge in [0, 0.05) is 5.69 Å². The molecule has 0 bridgehead atoms. The summed E-state index contributed by atoms with van der Waals surface area (Å²) in [5, 5.41) is 9.88. The van der Waals surface area contributed by atoms with Gasteiger partial charge in [0.2, 0.25) is 5.89 Å². The van der Waals surface area contributed by atoms with Crippen molar-refractivity contribution in [1.82, 2.24) is 15.5 Å². The molecule has 1 amide bonds. The van der Waals surface area contributed by atoms with Gasteiger partial charge in [0.1, 0.15) is 0 Å². The van der Waals surface area contributed by atoms with Crippen LogP contribution in [0.5, 0.6) is 0 Å². The fourth-order valence-corrected chi connectivity index (χ4v) is 2.49. The smallest absolute Gasteiger partial charge is 0.297 e. The van der Waals surface area contributed by atoms with Gasteiger partial charge in [0.25, 0.3) is 11.7 Å². The van der Waals surface area contributed by atoms with Crippen LogP contribution in [-0.4, -0.2) is 22.6 Å². The Morgan fingerprint density at radius 3 is 3.10 bits per heavy atom. The molecule has 110 valence electrons. The molecule has 1 aliphatic rings. The Hall–Kier alpha value is -2.21. The van der Waals surface area contributed by atoms with Crippen molar-refractivity contribution in [1.29, 1.82) is 0 Å². The molecule has 1 aliphatic heterocycles. The molecule has 6 nitrogen and oxygen atoms in total. The fraction of sp³-hybridized carbons (Fsp3) is 0.400. The van der Waals surface area contributed by atoms with Crippen molar-refractivity contribution in [3.05, 3.63) is 41.5 Å². The standard InChI is InChI=1S/C15H18N4O2/c1-2-10-6-3-4-7-11(10)17-14(20)13-18-15(21-19-13)12-8-5-9-16-12/h3-4,6-7,12,16H,2,5,8-9H2,1H3,(H,17,20). The first kappa shape index (κ1) is 13.8. The average molecular weight is 286 g/mol.